The Morgan fingerprint density at radius 1 is 1.52 bits per heavy atom. The van der Waals surface area contributed by atoms with Crippen LogP contribution in [-0.4, -0.2) is 46.6 Å². The van der Waals surface area contributed by atoms with Crippen LogP contribution in [0.4, 0.5) is 5.13 Å². The van der Waals surface area contributed by atoms with Crippen molar-refractivity contribution in [2.45, 2.75) is 52.0 Å². The molecule has 1 aliphatic heterocycles. The first-order valence-electron chi connectivity index (χ1n) is 7.75. The van der Waals surface area contributed by atoms with Crippen molar-refractivity contribution in [3.8, 4) is 0 Å². The summed E-state index contributed by atoms with van der Waals surface area (Å²) >= 11 is 1.54. The molecule has 1 aromatic rings. The van der Waals surface area contributed by atoms with E-state index < -0.39 is 0 Å². The Labute approximate surface area is 130 Å². The van der Waals surface area contributed by atoms with Crippen molar-refractivity contribution in [2.75, 3.05) is 25.0 Å². The summed E-state index contributed by atoms with van der Waals surface area (Å²) in [5.74, 6) is -0.00348. The van der Waals surface area contributed by atoms with Gasteiger partial charge in [-0.05, 0) is 39.2 Å². The zero-order valence-corrected chi connectivity index (χ0v) is 13.7. The summed E-state index contributed by atoms with van der Waals surface area (Å²) in [7, 11) is 0. The molecule has 1 saturated heterocycles. The molecule has 0 aliphatic carbocycles. The number of thiazole rings is 1. The molecule has 1 unspecified atom stereocenters. The van der Waals surface area contributed by atoms with Gasteiger partial charge in [0.15, 0.2) is 5.13 Å². The van der Waals surface area contributed by atoms with Gasteiger partial charge >= 0.3 is 0 Å². The molecular weight excluding hydrogens is 286 g/mol. The van der Waals surface area contributed by atoms with Gasteiger partial charge in [-0.15, -0.1) is 11.3 Å². The maximum absolute atomic E-state index is 12.2. The van der Waals surface area contributed by atoms with Gasteiger partial charge in [0.25, 0.3) is 0 Å². The van der Waals surface area contributed by atoms with Crippen LogP contribution in [-0.2, 0) is 11.2 Å². The topological polar surface area (TPSA) is 65.5 Å². The quantitative estimate of drug-likeness (QED) is 0.845. The molecule has 2 N–H and O–H groups in total. The third-order valence-electron chi connectivity index (χ3n) is 4.03. The minimum absolute atomic E-state index is 0.00348. The largest absolute Gasteiger partial charge is 0.396 e. The first-order valence-corrected chi connectivity index (χ1v) is 8.56. The molecule has 0 aromatic carbocycles. The van der Waals surface area contributed by atoms with E-state index in [1.807, 2.05) is 6.92 Å². The molecule has 1 atom stereocenters. The standard InChI is InChI=1S/C15H25N3O2S/c1-3-13-11(2)21-15(16-13)17-14(20)10-18-8-5-4-6-12(18)7-9-19/h12,19H,3-10H2,1-2H3,(H,16,17,20). The number of aryl methyl sites for hydroxylation is 2. The predicted molar refractivity (Wildman–Crippen MR) is 85.8 cm³/mol. The molecule has 5 nitrogen and oxygen atoms in total. The minimum atomic E-state index is -0.00348. The number of hydrogen-bond donors (Lipinski definition) is 2. The van der Waals surface area contributed by atoms with Crippen molar-refractivity contribution in [1.82, 2.24) is 9.88 Å². The monoisotopic (exact) mass is 311 g/mol. The highest BCUT2D eigenvalue weighted by Crippen LogP contribution is 2.23. The Morgan fingerprint density at radius 2 is 2.33 bits per heavy atom. The van der Waals surface area contributed by atoms with E-state index in [0.29, 0.717) is 17.7 Å². The van der Waals surface area contributed by atoms with E-state index in [2.05, 4.69) is 22.1 Å². The molecule has 0 bridgehead atoms. The van der Waals surface area contributed by atoms with Crippen LogP contribution < -0.4 is 5.32 Å². The van der Waals surface area contributed by atoms with Crippen LogP contribution in [0.5, 0.6) is 0 Å². The number of rotatable bonds is 6. The van der Waals surface area contributed by atoms with Gasteiger partial charge < -0.3 is 10.4 Å². The van der Waals surface area contributed by atoms with Crippen molar-refractivity contribution < 1.29 is 9.90 Å². The van der Waals surface area contributed by atoms with Crippen LogP contribution in [0.25, 0.3) is 0 Å². The van der Waals surface area contributed by atoms with Crippen molar-refractivity contribution in [1.29, 1.82) is 0 Å². The smallest absolute Gasteiger partial charge is 0.240 e. The zero-order valence-electron chi connectivity index (χ0n) is 12.9. The van der Waals surface area contributed by atoms with E-state index >= 15 is 0 Å². The zero-order chi connectivity index (χ0) is 15.2. The van der Waals surface area contributed by atoms with Crippen molar-refractivity contribution >= 4 is 22.4 Å². The Bertz CT molecular complexity index is 473. The fourth-order valence-electron chi connectivity index (χ4n) is 2.90. The van der Waals surface area contributed by atoms with Crippen molar-refractivity contribution in [2.24, 2.45) is 0 Å². The van der Waals surface area contributed by atoms with Crippen LogP contribution >= 0.6 is 11.3 Å². The lowest BCUT2D eigenvalue weighted by Gasteiger charge is -2.34. The van der Waals surface area contributed by atoms with Crippen LogP contribution in [0.2, 0.25) is 0 Å². The number of nitrogens with zero attached hydrogens (tertiary/aromatic N) is 2. The molecule has 2 rings (SSSR count). The van der Waals surface area contributed by atoms with Gasteiger partial charge in [0.1, 0.15) is 0 Å². The Kier molecular flexibility index (Phi) is 6.14. The third-order valence-corrected chi connectivity index (χ3v) is 4.96. The third kappa shape index (κ3) is 4.49. The SMILES string of the molecule is CCc1nc(NC(=O)CN2CCCCC2CCO)sc1C. The molecule has 0 radical (unpaired) electrons. The molecule has 6 heteroatoms. The molecule has 1 aromatic heterocycles. The van der Waals surface area contributed by atoms with Crippen LogP contribution in [0.3, 0.4) is 0 Å². The number of aliphatic hydroxyl groups is 1. The summed E-state index contributed by atoms with van der Waals surface area (Å²) in [6, 6.07) is 0.332. The summed E-state index contributed by atoms with van der Waals surface area (Å²) in [4.78, 5) is 20.0. The van der Waals surface area contributed by atoms with Crippen LogP contribution in [0.15, 0.2) is 0 Å². The summed E-state index contributed by atoms with van der Waals surface area (Å²) in [6.45, 7) is 5.63. The van der Waals surface area contributed by atoms with Gasteiger partial charge in [0.2, 0.25) is 5.91 Å². The number of carbonyl (C=O) groups excluding carboxylic acids is 1. The number of amides is 1. The van der Waals surface area contributed by atoms with Gasteiger partial charge in [-0.3, -0.25) is 9.69 Å². The highest BCUT2D eigenvalue weighted by atomic mass is 32.1. The van der Waals surface area contributed by atoms with E-state index in [4.69, 9.17) is 5.11 Å². The molecule has 0 spiro atoms. The lowest BCUT2D eigenvalue weighted by molar-refractivity contribution is -0.118. The molecule has 2 heterocycles. The number of piperidine rings is 1. The average molecular weight is 311 g/mol. The van der Waals surface area contributed by atoms with Gasteiger partial charge in [0, 0.05) is 17.5 Å². The fraction of sp³-hybridized carbons (Fsp3) is 0.733. The fourth-order valence-corrected chi connectivity index (χ4v) is 3.82. The molecule has 1 aliphatic rings. The molecule has 118 valence electrons. The minimum Gasteiger partial charge on any atom is -0.396 e. The Hall–Kier alpha value is -0.980. The molecule has 1 fully saturated rings. The van der Waals surface area contributed by atoms with Crippen LogP contribution in [0, 0.1) is 6.92 Å². The van der Waals surface area contributed by atoms with Gasteiger partial charge in [0.05, 0.1) is 12.2 Å². The van der Waals surface area contributed by atoms with E-state index in [-0.39, 0.29) is 12.5 Å². The van der Waals surface area contributed by atoms with E-state index in [0.717, 1.165) is 37.9 Å². The molecular formula is C15H25N3O2S. The number of likely N-dealkylation sites (tertiary alicyclic amines) is 1. The second-order valence-electron chi connectivity index (χ2n) is 5.56. The summed E-state index contributed by atoms with van der Waals surface area (Å²) in [5.41, 5.74) is 1.06. The summed E-state index contributed by atoms with van der Waals surface area (Å²) in [6.07, 6.45) is 5.04. The predicted octanol–water partition coefficient (Wildman–Crippen LogP) is 2.19. The van der Waals surface area contributed by atoms with Gasteiger partial charge in [-0.2, -0.15) is 0 Å². The normalized spacial score (nSPS) is 19.7. The van der Waals surface area contributed by atoms with Gasteiger partial charge in [-0.1, -0.05) is 13.3 Å². The lowest BCUT2D eigenvalue weighted by atomic mass is 10.00. The lowest BCUT2D eigenvalue weighted by Crippen LogP contribution is -2.44. The Morgan fingerprint density at radius 3 is 3.00 bits per heavy atom. The summed E-state index contributed by atoms with van der Waals surface area (Å²) in [5, 5.41) is 12.7. The maximum atomic E-state index is 12.2. The van der Waals surface area contributed by atoms with Gasteiger partial charge in [-0.25, -0.2) is 4.98 Å². The van der Waals surface area contributed by atoms with E-state index in [1.165, 1.54) is 22.6 Å². The van der Waals surface area contributed by atoms with Crippen molar-refractivity contribution in [3.63, 3.8) is 0 Å². The number of carbonyl (C=O) groups is 1. The number of nitrogens with one attached hydrogen (secondary N) is 1. The second kappa shape index (κ2) is 7.87. The summed E-state index contributed by atoms with van der Waals surface area (Å²) < 4.78 is 0. The van der Waals surface area contributed by atoms with E-state index in [9.17, 15) is 4.79 Å². The molecule has 21 heavy (non-hydrogen) atoms. The molecule has 1 amide bonds. The molecule has 0 saturated carbocycles. The second-order valence-corrected chi connectivity index (χ2v) is 6.76. The Balaban J connectivity index is 1.90. The first-order chi connectivity index (χ1) is 10.1. The first kappa shape index (κ1) is 16.4. The van der Waals surface area contributed by atoms with E-state index in [1.54, 1.807) is 0 Å². The highest BCUT2D eigenvalue weighted by molar-refractivity contribution is 7.15. The number of aromatic nitrogens is 1. The highest BCUT2D eigenvalue weighted by Gasteiger charge is 2.24. The number of aliphatic hydroxyl groups excluding tert-OH is 1. The van der Waals surface area contributed by atoms with Crippen LogP contribution in [0.1, 0.15) is 43.2 Å². The number of hydrogen-bond acceptors (Lipinski definition) is 5. The number of anilines is 1. The van der Waals surface area contributed by atoms with Crippen molar-refractivity contribution in [3.05, 3.63) is 10.6 Å². The average Bonchev–Trinajstić information content (AvgIpc) is 2.81. The maximum Gasteiger partial charge on any atom is 0.240 e.